The predicted molar refractivity (Wildman–Crippen MR) is 76.7 cm³/mol. The molecule has 0 aromatic heterocycles. The minimum Gasteiger partial charge on any atom is -0.478 e. The van der Waals surface area contributed by atoms with E-state index in [1.807, 2.05) is 13.0 Å². The lowest BCUT2D eigenvalue weighted by molar-refractivity contribution is 0.0696. The van der Waals surface area contributed by atoms with Gasteiger partial charge in [0.25, 0.3) is 0 Å². The second kappa shape index (κ2) is 5.00. The van der Waals surface area contributed by atoms with Gasteiger partial charge < -0.3 is 9.84 Å². The minimum absolute atomic E-state index is 0.242. The Labute approximate surface area is 117 Å². The van der Waals surface area contributed by atoms with E-state index in [0.717, 1.165) is 24.2 Å². The highest BCUT2D eigenvalue weighted by molar-refractivity contribution is 5.88. The van der Waals surface area contributed by atoms with Gasteiger partial charge in [0.05, 0.1) is 5.56 Å². The average Bonchev–Trinajstić information content (AvgIpc) is 2.88. The van der Waals surface area contributed by atoms with Crippen molar-refractivity contribution in [3.05, 3.63) is 58.7 Å². The SMILES string of the molecule is Cc1ccc(C(=O)O)cc1Oc1ccc2c(c1)CCC2. The maximum Gasteiger partial charge on any atom is 0.335 e. The molecule has 0 spiro atoms. The highest BCUT2D eigenvalue weighted by atomic mass is 16.5. The van der Waals surface area contributed by atoms with Gasteiger partial charge in [-0.2, -0.15) is 0 Å². The molecule has 0 fully saturated rings. The Balaban J connectivity index is 1.91. The van der Waals surface area contributed by atoms with Gasteiger partial charge in [-0.25, -0.2) is 4.79 Å². The van der Waals surface area contributed by atoms with E-state index in [9.17, 15) is 4.79 Å². The van der Waals surface area contributed by atoms with Crippen LogP contribution in [-0.2, 0) is 12.8 Å². The number of fused-ring (bicyclic) bond motifs is 1. The number of carboxylic acid groups (broad SMARTS) is 1. The standard InChI is InChI=1S/C17H16O3/c1-11-5-6-14(17(18)19)10-16(11)20-15-8-7-12-3-2-4-13(12)9-15/h5-10H,2-4H2,1H3,(H,18,19). The Hall–Kier alpha value is -2.29. The van der Waals surface area contributed by atoms with Gasteiger partial charge in [0.15, 0.2) is 0 Å². The number of hydrogen-bond acceptors (Lipinski definition) is 2. The molecular weight excluding hydrogens is 252 g/mol. The van der Waals surface area contributed by atoms with Crippen molar-refractivity contribution in [2.75, 3.05) is 0 Å². The van der Waals surface area contributed by atoms with Crippen molar-refractivity contribution in [1.82, 2.24) is 0 Å². The molecule has 1 N–H and O–H groups in total. The van der Waals surface area contributed by atoms with Gasteiger partial charge in [-0.3, -0.25) is 0 Å². The number of aromatic carboxylic acids is 1. The Morgan fingerprint density at radius 1 is 1.10 bits per heavy atom. The van der Waals surface area contributed by atoms with E-state index in [4.69, 9.17) is 9.84 Å². The third kappa shape index (κ3) is 2.39. The molecule has 0 saturated carbocycles. The fourth-order valence-corrected chi connectivity index (χ4v) is 2.58. The van der Waals surface area contributed by atoms with Crippen molar-refractivity contribution in [1.29, 1.82) is 0 Å². The maximum absolute atomic E-state index is 11.0. The average molecular weight is 268 g/mol. The van der Waals surface area contributed by atoms with Crippen molar-refractivity contribution in [2.45, 2.75) is 26.2 Å². The van der Waals surface area contributed by atoms with Gasteiger partial charge in [0, 0.05) is 0 Å². The zero-order chi connectivity index (χ0) is 14.1. The Bertz CT molecular complexity index is 674. The second-order valence-corrected chi connectivity index (χ2v) is 5.17. The Kier molecular flexibility index (Phi) is 3.18. The molecule has 3 nitrogen and oxygen atoms in total. The highest BCUT2D eigenvalue weighted by Crippen LogP contribution is 2.30. The third-order valence-corrected chi connectivity index (χ3v) is 3.73. The number of carboxylic acids is 1. The fraction of sp³-hybridized carbons (Fsp3) is 0.235. The molecule has 2 aromatic carbocycles. The fourth-order valence-electron chi connectivity index (χ4n) is 2.58. The van der Waals surface area contributed by atoms with Crippen LogP contribution in [0.25, 0.3) is 0 Å². The zero-order valence-corrected chi connectivity index (χ0v) is 11.3. The Morgan fingerprint density at radius 2 is 1.90 bits per heavy atom. The van der Waals surface area contributed by atoms with Crippen LogP contribution >= 0.6 is 0 Å². The molecule has 0 saturated heterocycles. The minimum atomic E-state index is -0.941. The first-order valence-electron chi connectivity index (χ1n) is 6.77. The molecule has 2 aromatic rings. The van der Waals surface area contributed by atoms with Crippen LogP contribution < -0.4 is 4.74 Å². The molecular formula is C17H16O3. The summed E-state index contributed by atoms with van der Waals surface area (Å²) in [5.41, 5.74) is 3.91. The summed E-state index contributed by atoms with van der Waals surface area (Å²) >= 11 is 0. The molecule has 0 bridgehead atoms. The molecule has 102 valence electrons. The van der Waals surface area contributed by atoms with Crippen molar-refractivity contribution in [3.8, 4) is 11.5 Å². The van der Waals surface area contributed by atoms with E-state index in [1.165, 1.54) is 17.5 Å². The first kappa shape index (κ1) is 12.7. The number of rotatable bonds is 3. The summed E-state index contributed by atoms with van der Waals surface area (Å²) in [6, 6.07) is 11.1. The van der Waals surface area contributed by atoms with Crippen LogP contribution in [0.1, 0.15) is 33.5 Å². The van der Waals surface area contributed by atoms with E-state index in [2.05, 4.69) is 12.1 Å². The normalized spacial score (nSPS) is 13.1. The zero-order valence-electron chi connectivity index (χ0n) is 11.3. The molecule has 0 radical (unpaired) electrons. The summed E-state index contributed by atoms with van der Waals surface area (Å²) in [5.74, 6) is 0.433. The van der Waals surface area contributed by atoms with Crippen LogP contribution in [0.15, 0.2) is 36.4 Å². The number of ether oxygens (including phenoxy) is 1. The lowest BCUT2D eigenvalue weighted by Gasteiger charge is -2.11. The van der Waals surface area contributed by atoms with Gasteiger partial charge in [0.1, 0.15) is 11.5 Å². The van der Waals surface area contributed by atoms with Crippen LogP contribution in [-0.4, -0.2) is 11.1 Å². The smallest absolute Gasteiger partial charge is 0.335 e. The Morgan fingerprint density at radius 3 is 2.70 bits per heavy atom. The predicted octanol–water partition coefficient (Wildman–Crippen LogP) is 3.97. The second-order valence-electron chi connectivity index (χ2n) is 5.17. The molecule has 0 unspecified atom stereocenters. The lowest BCUT2D eigenvalue weighted by atomic mass is 10.1. The maximum atomic E-state index is 11.0. The molecule has 3 rings (SSSR count). The first-order valence-corrected chi connectivity index (χ1v) is 6.77. The number of aryl methyl sites for hydroxylation is 3. The highest BCUT2D eigenvalue weighted by Gasteiger charge is 2.13. The molecule has 0 atom stereocenters. The van der Waals surface area contributed by atoms with Crippen LogP contribution in [0.4, 0.5) is 0 Å². The summed E-state index contributed by atoms with van der Waals surface area (Å²) in [6.07, 6.45) is 3.44. The van der Waals surface area contributed by atoms with Gasteiger partial charge in [-0.15, -0.1) is 0 Å². The van der Waals surface area contributed by atoms with Crippen LogP contribution in [0.2, 0.25) is 0 Å². The number of hydrogen-bond donors (Lipinski definition) is 1. The van der Waals surface area contributed by atoms with Gasteiger partial charge in [-0.05, 0) is 67.1 Å². The van der Waals surface area contributed by atoms with E-state index in [-0.39, 0.29) is 5.56 Å². The van der Waals surface area contributed by atoms with E-state index in [1.54, 1.807) is 18.2 Å². The van der Waals surface area contributed by atoms with E-state index < -0.39 is 5.97 Å². The first-order chi connectivity index (χ1) is 9.63. The summed E-state index contributed by atoms with van der Waals surface area (Å²) in [6.45, 7) is 1.91. The quantitative estimate of drug-likeness (QED) is 0.916. The summed E-state index contributed by atoms with van der Waals surface area (Å²) in [4.78, 5) is 11.0. The van der Waals surface area contributed by atoms with Crippen molar-refractivity contribution in [2.24, 2.45) is 0 Å². The molecule has 3 heteroatoms. The van der Waals surface area contributed by atoms with E-state index in [0.29, 0.717) is 5.75 Å². The van der Waals surface area contributed by atoms with Crippen molar-refractivity contribution >= 4 is 5.97 Å². The van der Waals surface area contributed by atoms with Crippen molar-refractivity contribution < 1.29 is 14.6 Å². The number of benzene rings is 2. The summed E-state index contributed by atoms with van der Waals surface area (Å²) in [5, 5.41) is 9.04. The van der Waals surface area contributed by atoms with Crippen LogP contribution in [0.5, 0.6) is 11.5 Å². The monoisotopic (exact) mass is 268 g/mol. The van der Waals surface area contributed by atoms with Crippen LogP contribution in [0.3, 0.4) is 0 Å². The summed E-state index contributed by atoms with van der Waals surface area (Å²) in [7, 11) is 0. The molecule has 0 heterocycles. The number of carbonyl (C=O) groups is 1. The van der Waals surface area contributed by atoms with Crippen molar-refractivity contribution in [3.63, 3.8) is 0 Å². The molecule has 20 heavy (non-hydrogen) atoms. The topological polar surface area (TPSA) is 46.5 Å². The molecule has 0 aliphatic heterocycles. The largest absolute Gasteiger partial charge is 0.478 e. The van der Waals surface area contributed by atoms with Gasteiger partial charge in [0.2, 0.25) is 0 Å². The third-order valence-electron chi connectivity index (χ3n) is 3.73. The molecule has 1 aliphatic rings. The van der Waals surface area contributed by atoms with Gasteiger partial charge in [-0.1, -0.05) is 12.1 Å². The molecule has 0 amide bonds. The molecule has 1 aliphatic carbocycles. The van der Waals surface area contributed by atoms with Crippen LogP contribution in [0, 0.1) is 6.92 Å². The van der Waals surface area contributed by atoms with Gasteiger partial charge >= 0.3 is 5.97 Å². The van der Waals surface area contributed by atoms with E-state index >= 15 is 0 Å². The lowest BCUT2D eigenvalue weighted by Crippen LogP contribution is -1.98. The summed E-state index contributed by atoms with van der Waals surface area (Å²) < 4.78 is 5.86.